The summed E-state index contributed by atoms with van der Waals surface area (Å²) >= 11 is 1.70. The molecule has 1 heterocycles. The Bertz CT molecular complexity index is 458. The third kappa shape index (κ3) is 6.36. The van der Waals surface area contributed by atoms with E-state index in [-0.39, 0.29) is 17.7 Å². The van der Waals surface area contributed by atoms with Crippen LogP contribution in [0.15, 0.2) is 16.8 Å². The number of ether oxygens (including phenoxy) is 1. The second kappa shape index (κ2) is 7.47. The first-order valence-corrected chi connectivity index (χ1v) is 8.71. The van der Waals surface area contributed by atoms with Gasteiger partial charge >= 0.3 is 6.09 Å². The highest BCUT2D eigenvalue weighted by molar-refractivity contribution is 7.07. The molecule has 0 radical (unpaired) electrons. The summed E-state index contributed by atoms with van der Waals surface area (Å²) in [7, 11) is 0. The van der Waals surface area contributed by atoms with Gasteiger partial charge in [0.1, 0.15) is 5.60 Å². The number of nitrogens with one attached hydrogen (secondary N) is 1. The molecule has 0 aliphatic heterocycles. The molecule has 126 valence electrons. The number of hydrogen-bond acceptors (Lipinski definition) is 4. The molecule has 1 aromatic heterocycles. The molecule has 0 fully saturated rings. The van der Waals surface area contributed by atoms with E-state index in [1.807, 2.05) is 41.5 Å². The molecule has 0 aliphatic rings. The molecule has 5 heteroatoms. The lowest BCUT2D eigenvalue weighted by Gasteiger charge is -2.37. The van der Waals surface area contributed by atoms with Crippen LogP contribution in [0.3, 0.4) is 0 Å². The third-order valence-corrected chi connectivity index (χ3v) is 3.95. The maximum atomic E-state index is 12.4. The standard InChI is InChI=1S/C17H30N2O2S/c1-13(14-8-11-22-12-14)18-9-10-19(16(2,3)4)15(20)21-17(5,6)7/h8,11-13,18H,9-10H2,1-7H3. The van der Waals surface area contributed by atoms with Crippen LogP contribution in [-0.2, 0) is 4.74 Å². The fourth-order valence-electron chi connectivity index (χ4n) is 2.05. The van der Waals surface area contributed by atoms with Crippen molar-refractivity contribution in [3.05, 3.63) is 22.4 Å². The van der Waals surface area contributed by atoms with Gasteiger partial charge in [-0.3, -0.25) is 0 Å². The molecule has 0 aromatic carbocycles. The lowest BCUT2D eigenvalue weighted by atomic mass is 10.1. The third-order valence-electron chi connectivity index (χ3n) is 3.25. The molecule has 0 bridgehead atoms. The Labute approximate surface area is 138 Å². The highest BCUT2D eigenvalue weighted by Gasteiger charge is 2.30. The lowest BCUT2D eigenvalue weighted by molar-refractivity contribution is 0.00649. The first-order chi connectivity index (χ1) is 10.0. The normalized spacial score (nSPS) is 13.8. The zero-order valence-electron chi connectivity index (χ0n) is 14.9. The van der Waals surface area contributed by atoms with Gasteiger partial charge in [-0.1, -0.05) is 0 Å². The predicted octanol–water partition coefficient (Wildman–Crippen LogP) is 4.43. The van der Waals surface area contributed by atoms with Gasteiger partial charge in [0.25, 0.3) is 0 Å². The van der Waals surface area contributed by atoms with Crippen LogP contribution in [0.25, 0.3) is 0 Å². The van der Waals surface area contributed by atoms with E-state index in [1.54, 1.807) is 16.2 Å². The van der Waals surface area contributed by atoms with E-state index < -0.39 is 5.60 Å². The van der Waals surface area contributed by atoms with Crippen molar-refractivity contribution >= 4 is 17.4 Å². The van der Waals surface area contributed by atoms with Crippen molar-refractivity contribution in [2.75, 3.05) is 13.1 Å². The van der Waals surface area contributed by atoms with Crippen LogP contribution >= 0.6 is 11.3 Å². The van der Waals surface area contributed by atoms with Gasteiger partial charge in [-0.2, -0.15) is 11.3 Å². The van der Waals surface area contributed by atoms with Gasteiger partial charge in [-0.05, 0) is 70.9 Å². The first kappa shape index (κ1) is 19.0. The van der Waals surface area contributed by atoms with Gasteiger partial charge in [0, 0.05) is 24.7 Å². The second-order valence-corrected chi connectivity index (χ2v) is 8.32. The van der Waals surface area contributed by atoms with E-state index >= 15 is 0 Å². The summed E-state index contributed by atoms with van der Waals surface area (Å²) in [6.45, 7) is 15.2. The van der Waals surface area contributed by atoms with Gasteiger partial charge in [-0.25, -0.2) is 4.79 Å². The summed E-state index contributed by atoms with van der Waals surface area (Å²) in [6, 6.07) is 2.41. The lowest BCUT2D eigenvalue weighted by Crippen LogP contribution is -2.50. The monoisotopic (exact) mass is 326 g/mol. The Hall–Kier alpha value is -1.07. The molecule has 0 spiro atoms. The van der Waals surface area contributed by atoms with Gasteiger partial charge in [-0.15, -0.1) is 0 Å². The first-order valence-electron chi connectivity index (χ1n) is 7.77. The largest absolute Gasteiger partial charge is 0.444 e. The molecule has 1 amide bonds. The summed E-state index contributed by atoms with van der Waals surface area (Å²) in [6.07, 6.45) is -0.259. The molecule has 1 rings (SSSR count). The minimum Gasteiger partial charge on any atom is -0.444 e. The Morgan fingerprint density at radius 3 is 2.41 bits per heavy atom. The van der Waals surface area contributed by atoms with Crippen molar-refractivity contribution < 1.29 is 9.53 Å². The maximum absolute atomic E-state index is 12.4. The van der Waals surface area contributed by atoms with E-state index in [2.05, 4.69) is 29.1 Å². The minimum atomic E-state index is -0.474. The maximum Gasteiger partial charge on any atom is 0.410 e. The quantitative estimate of drug-likeness (QED) is 0.870. The predicted molar refractivity (Wildman–Crippen MR) is 93.4 cm³/mol. The van der Waals surface area contributed by atoms with Crippen molar-refractivity contribution in [3.63, 3.8) is 0 Å². The Balaban J connectivity index is 2.57. The average molecular weight is 327 g/mol. The molecule has 4 nitrogen and oxygen atoms in total. The molecule has 1 atom stereocenters. The minimum absolute atomic E-state index is 0.259. The number of carbonyl (C=O) groups is 1. The summed E-state index contributed by atoms with van der Waals surface area (Å²) in [5.41, 5.74) is 0.540. The highest BCUT2D eigenvalue weighted by atomic mass is 32.1. The average Bonchev–Trinajstić information content (AvgIpc) is 2.83. The van der Waals surface area contributed by atoms with Crippen LogP contribution in [0.2, 0.25) is 0 Å². The van der Waals surface area contributed by atoms with Gasteiger partial charge in [0.2, 0.25) is 0 Å². The van der Waals surface area contributed by atoms with Crippen molar-refractivity contribution in [1.82, 2.24) is 10.2 Å². The number of hydrogen-bond donors (Lipinski definition) is 1. The topological polar surface area (TPSA) is 41.6 Å². The van der Waals surface area contributed by atoms with E-state index in [4.69, 9.17) is 4.74 Å². The number of thiophene rings is 1. The van der Waals surface area contributed by atoms with Crippen LogP contribution in [0.5, 0.6) is 0 Å². The Kier molecular flexibility index (Phi) is 6.44. The van der Waals surface area contributed by atoms with E-state index in [1.165, 1.54) is 5.56 Å². The smallest absolute Gasteiger partial charge is 0.410 e. The van der Waals surface area contributed by atoms with Crippen LogP contribution in [0.4, 0.5) is 4.79 Å². The molecular weight excluding hydrogens is 296 g/mol. The summed E-state index contributed by atoms with van der Waals surface area (Å²) in [5, 5.41) is 7.69. The van der Waals surface area contributed by atoms with Gasteiger partial charge in [0.15, 0.2) is 0 Å². The molecule has 1 N–H and O–H groups in total. The number of nitrogens with zero attached hydrogens (tertiary/aromatic N) is 1. The molecule has 1 aromatic rings. The van der Waals surface area contributed by atoms with Crippen molar-refractivity contribution in [2.24, 2.45) is 0 Å². The summed E-state index contributed by atoms with van der Waals surface area (Å²) in [5.74, 6) is 0. The van der Waals surface area contributed by atoms with Gasteiger partial charge < -0.3 is 15.0 Å². The zero-order chi connectivity index (χ0) is 17.0. The fourth-order valence-corrected chi connectivity index (χ4v) is 2.80. The molecule has 0 saturated carbocycles. The summed E-state index contributed by atoms with van der Waals surface area (Å²) < 4.78 is 5.52. The van der Waals surface area contributed by atoms with Crippen LogP contribution in [0.1, 0.15) is 60.1 Å². The van der Waals surface area contributed by atoms with Crippen molar-refractivity contribution in [2.45, 2.75) is 65.6 Å². The van der Waals surface area contributed by atoms with Crippen LogP contribution in [-0.4, -0.2) is 35.2 Å². The second-order valence-electron chi connectivity index (χ2n) is 7.54. The van der Waals surface area contributed by atoms with Gasteiger partial charge in [0.05, 0.1) is 0 Å². The van der Waals surface area contributed by atoms with Crippen molar-refractivity contribution in [3.8, 4) is 0 Å². The number of carbonyl (C=O) groups excluding carboxylic acids is 1. The van der Waals surface area contributed by atoms with Crippen molar-refractivity contribution in [1.29, 1.82) is 0 Å². The van der Waals surface area contributed by atoms with Crippen LogP contribution < -0.4 is 5.32 Å². The molecule has 1 unspecified atom stereocenters. The highest BCUT2D eigenvalue weighted by Crippen LogP contribution is 2.19. The summed E-state index contributed by atoms with van der Waals surface area (Å²) in [4.78, 5) is 14.2. The zero-order valence-corrected chi connectivity index (χ0v) is 15.7. The van der Waals surface area contributed by atoms with E-state index in [9.17, 15) is 4.79 Å². The fraction of sp³-hybridized carbons (Fsp3) is 0.706. The number of rotatable bonds is 5. The molecule has 22 heavy (non-hydrogen) atoms. The van der Waals surface area contributed by atoms with E-state index in [0.29, 0.717) is 6.54 Å². The Morgan fingerprint density at radius 1 is 1.32 bits per heavy atom. The SMILES string of the molecule is CC(NCCN(C(=O)OC(C)(C)C)C(C)(C)C)c1ccsc1. The Morgan fingerprint density at radius 2 is 1.95 bits per heavy atom. The molecular formula is C17H30N2O2S. The van der Waals surface area contributed by atoms with E-state index in [0.717, 1.165) is 6.54 Å². The molecule has 0 saturated heterocycles. The molecule has 0 aliphatic carbocycles. The van der Waals surface area contributed by atoms with Crippen LogP contribution in [0, 0.1) is 0 Å². The number of amides is 1.